The summed E-state index contributed by atoms with van der Waals surface area (Å²) >= 11 is 0. The zero-order valence-electron chi connectivity index (χ0n) is 17.7. The van der Waals surface area contributed by atoms with Gasteiger partial charge in [-0.05, 0) is 96.3 Å². The van der Waals surface area contributed by atoms with Crippen LogP contribution in [0.3, 0.4) is 0 Å². The summed E-state index contributed by atoms with van der Waals surface area (Å²) in [5.74, 6) is 0. The molecule has 0 aromatic heterocycles. The van der Waals surface area contributed by atoms with Gasteiger partial charge in [0.05, 0.1) is 0 Å². The minimum atomic E-state index is 0.377. The molecule has 0 bridgehead atoms. The second-order valence-electron chi connectivity index (χ2n) is 9.65. The van der Waals surface area contributed by atoms with Crippen LogP contribution in [0.5, 0.6) is 0 Å². The van der Waals surface area contributed by atoms with Crippen molar-refractivity contribution in [2.45, 2.75) is 99.3 Å². The Morgan fingerprint density at radius 1 is 1.04 bits per heavy atom. The van der Waals surface area contributed by atoms with Crippen LogP contribution in [0, 0.1) is 10.8 Å². The molecule has 0 nitrogen and oxygen atoms in total. The molecule has 2 atom stereocenters. The molecule has 0 aromatic carbocycles. The molecule has 2 aliphatic carbocycles. The molecule has 1 fully saturated rings. The van der Waals surface area contributed by atoms with E-state index in [-0.39, 0.29) is 0 Å². The van der Waals surface area contributed by atoms with Gasteiger partial charge < -0.3 is 0 Å². The zero-order valence-corrected chi connectivity index (χ0v) is 17.7. The summed E-state index contributed by atoms with van der Waals surface area (Å²) in [5.41, 5.74) is 7.16. The third-order valence-electron chi connectivity index (χ3n) is 6.58. The Morgan fingerprint density at radius 2 is 1.80 bits per heavy atom. The Hall–Kier alpha value is -1.04. The highest BCUT2D eigenvalue weighted by Gasteiger charge is 2.39. The van der Waals surface area contributed by atoms with Gasteiger partial charge in [-0.3, -0.25) is 0 Å². The Balaban J connectivity index is 2.22. The minimum absolute atomic E-state index is 0.377. The van der Waals surface area contributed by atoms with Gasteiger partial charge in [0.15, 0.2) is 0 Å². The smallest absolute Gasteiger partial charge is 0.00813 e. The third-order valence-corrected chi connectivity index (χ3v) is 6.58. The van der Waals surface area contributed by atoms with Gasteiger partial charge in [0.1, 0.15) is 0 Å². The first kappa shape index (κ1) is 20.3. The summed E-state index contributed by atoms with van der Waals surface area (Å²) in [6, 6.07) is 0. The van der Waals surface area contributed by atoms with Crippen LogP contribution in [-0.2, 0) is 0 Å². The van der Waals surface area contributed by atoms with E-state index in [2.05, 4.69) is 65.8 Å². The first-order valence-corrected chi connectivity index (χ1v) is 10.4. The predicted octanol–water partition coefficient (Wildman–Crippen LogP) is 8.32. The monoisotopic (exact) mass is 340 g/mol. The van der Waals surface area contributed by atoms with E-state index >= 15 is 0 Å². The van der Waals surface area contributed by atoms with Gasteiger partial charge in [-0.25, -0.2) is 0 Å². The lowest BCUT2D eigenvalue weighted by Crippen LogP contribution is -2.33. The largest absolute Gasteiger partial charge is 0.0859 e. The topological polar surface area (TPSA) is 0 Å². The molecule has 2 aliphatic rings. The molecule has 1 saturated carbocycles. The normalized spacial score (nSPS) is 37.3. The highest BCUT2D eigenvalue weighted by molar-refractivity contribution is 5.24. The summed E-state index contributed by atoms with van der Waals surface area (Å²) < 4.78 is 0. The Morgan fingerprint density at radius 3 is 2.52 bits per heavy atom. The molecule has 2 rings (SSSR count). The third kappa shape index (κ3) is 6.01. The van der Waals surface area contributed by atoms with E-state index in [1.165, 1.54) is 56.9 Å². The van der Waals surface area contributed by atoms with E-state index in [1.807, 2.05) is 0 Å². The van der Waals surface area contributed by atoms with Crippen molar-refractivity contribution in [1.82, 2.24) is 0 Å². The highest BCUT2D eigenvalue weighted by Crippen LogP contribution is 2.53. The maximum absolute atomic E-state index is 2.60. The van der Waals surface area contributed by atoms with Crippen LogP contribution in [-0.4, -0.2) is 0 Å². The van der Waals surface area contributed by atoms with Crippen molar-refractivity contribution in [3.63, 3.8) is 0 Å². The SMILES string of the molecule is CC(C)=CCCC1(C)CCC2(C)C/C=C(\C)CC/C=C(\C)C/C=C/2C1. The summed E-state index contributed by atoms with van der Waals surface area (Å²) in [6.45, 7) is 14.1. The van der Waals surface area contributed by atoms with Crippen LogP contribution in [0.1, 0.15) is 99.3 Å². The van der Waals surface area contributed by atoms with E-state index in [4.69, 9.17) is 0 Å². The van der Waals surface area contributed by atoms with Crippen LogP contribution in [0.15, 0.2) is 46.6 Å². The maximum Gasteiger partial charge on any atom is -0.00813 e. The number of hydrogen-bond acceptors (Lipinski definition) is 0. The predicted molar refractivity (Wildman–Crippen MR) is 113 cm³/mol. The first-order valence-electron chi connectivity index (χ1n) is 10.4. The second-order valence-corrected chi connectivity index (χ2v) is 9.65. The number of rotatable bonds is 3. The minimum Gasteiger partial charge on any atom is -0.0859 e. The van der Waals surface area contributed by atoms with Gasteiger partial charge in [0.2, 0.25) is 0 Å². The molecule has 0 N–H and O–H groups in total. The van der Waals surface area contributed by atoms with Crippen molar-refractivity contribution in [3.05, 3.63) is 46.6 Å². The van der Waals surface area contributed by atoms with Crippen LogP contribution < -0.4 is 0 Å². The molecule has 0 heterocycles. The van der Waals surface area contributed by atoms with E-state index in [0.717, 1.165) is 6.42 Å². The Labute approximate surface area is 157 Å². The van der Waals surface area contributed by atoms with Gasteiger partial charge in [-0.2, -0.15) is 0 Å². The molecule has 0 aromatic rings. The van der Waals surface area contributed by atoms with Gasteiger partial charge in [0, 0.05) is 0 Å². The van der Waals surface area contributed by atoms with E-state index in [0.29, 0.717) is 10.8 Å². The van der Waals surface area contributed by atoms with Crippen molar-refractivity contribution in [3.8, 4) is 0 Å². The van der Waals surface area contributed by atoms with Crippen molar-refractivity contribution >= 4 is 0 Å². The lowest BCUT2D eigenvalue weighted by molar-refractivity contribution is 0.158. The van der Waals surface area contributed by atoms with Crippen molar-refractivity contribution < 1.29 is 0 Å². The Bertz CT molecular complexity index is 579. The summed E-state index contributed by atoms with van der Waals surface area (Å²) in [7, 11) is 0. The van der Waals surface area contributed by atoms with Crippen molar-refractivity contribution in [2.75, 3.05) is 0 Å². The van der Waals surface area contributed by atoms with E-state index in [9.17, 15) is 0 Å². The number of fused-ring (bicyclic) bond motifs is 1. The lowest BCUT2D eigenvalue weighted by atomic mass is 9.59. The molecule has 0 heteroatoms. The molecule has 25 heavy (non-hydrogen) atoms. The van der Waals surface area contributed by atoms with Gasteiger partial charge >= 0.3 is 0 Å². The summed E-state index contributed by atoms with van der Waals surface area (Å²) in [4.78, 5) is 0. The van der Waals surface area contributed by atoms with E-state index in [1.54, 1.807) is 16.7 Å². The molecule has 0 radical (unpaired) electrons. The molecule has 0 amide bonds. The van der Waals surface area contributed by atoms with E-state index < -0.39 is 0 Å². The molecule has 0 saturated heterocycles. The maximum atomic E-state index is 2.60. The average molecular weight is 341 g/mol. The molecule has 2 unspecified atom stereocenters. The summed E-state index contributed by atoms with van der Waals surface area (Å²) in [5, 5.41) is 0. The quantitative estimate of drug-likeness (QED) is 0.453. The second kappa shape index (κ2) is 8.56. The zero-order chi connectivity index (χ0) is 18.5. The van der Waals surface area contributed by atoms with Gasteiger partial charge in [-0.15, -0.1) is 0 Å². The standard InChI is InChI=1S/C25H40/c1-20(2)9-8-15-24(5)17-18-25(6)16-14-22(4)11-7-10-21(3)12-13-23(25)19-24/h9-10,13-14H,7-8,11-12,15-19H2,1-6H3/b21-10+,22-14+,23-13+. The van der Waals surface area contributed by atoms with Crippen LogP contribution in [0.4, 0.5) is 0 Å². The highest BCUT2D eigenvalue weighted by atomic mass is 14.4. The first-order chi connectivity index (χ1) is 11.7. The van der Waals surface area contributed by atoms with Crippen LogP contribution in [0.2, 0.25) is 0 Å². The fourth-order valence-corrected chi connectivity index (χ4v) is 4.39. The molecule has 140 valence electrons. The van der Waals surface area contributed by atoms with Gasteiger partial charge in [0.25, 0.3) is 0 Å². The fourth-order valence-electron chi connectivity index (χ4n) is 4.39. The molecular formula is C25H40. The van der Waals surface area contributed by atoms with Crippen LogP contribution in [0.25, 0.3) is 0 Å². The van der Waals surface area contributed by atoms with Crippen LogP contribution >= 0.6 is 0 Å². The molecule has 0 spiro atoms. The molecular weight excluding hydrogens is 300 g/mol. The van der Waals surface area contributed by atoms with Crippen molar-refractivity contribution in [1.29, 1.82) is 0 Å². The van der Waals surface area contributed by atoms with Gasteiger partial charge in [-0.1, -0.05) is 60.4 Å². The fraction of sp³-hybridized carbons (Fsp3) is 0.680. The van der Waals surface area contributed by atoms with Crippen molar-refractivity contribution in [2.24, 2.45) is 10.8 Å². The Kier molecular flexibility index (Phi) is 6.94. The lowest BCUT2D eigenvalue weighted by Gasteiger charge is -2.45. The average Bonchev–Trinajstić information content (AvgIpc) is 2.55. The molecule has 0 aliphatic heterocycles. The number of hydrogen-bond donors (Lipinski definition) is 0. The summed E-state index contributed by atoms with van der Waals surface area (Å²) in [6.07, 6.45) is 21.4. The number of allylic oxidation sites excluding steroid dienone is 8.